The van der Waals surface area contributed by atoms with Crippen molar-refractivity contribution < 1.29 is 4.79 Å². The number of imidazole rings is 1. The summed E-state index contributed by atoms with van der Waals surface area (Å²) in [6.07, 6.45) is 5.46. The van der Waals surface area contributed by atoms with Crippen LogP contribution in [0.2, 0.25) is 0 Å². The van der Waals surface area contributed by atoms with Gasteiger partial charge in [0.05, 0.1) is 23.5 Å². The van der Waals surface area contributed by atoms with E-state index in [0.717, 1.165) is 35.6 Å². The Balaban J connectivity index is 1.70. The molecule has 0 aliphatic heterocycles. The highest BCUT2D eigenvalue weighted by molar-refractivity contribution is 6.02. The SMILES string of the molecule is CC(C)c1ccc(-c2nc3c(n2Cc2ccccn2)CC[C@@H]2[C@@H](C)C(=O)C(C#N)=CC32C)cc1. The zero-order valence-electron chi connectivity index (χ0n) is 20.2. The number of aromatic nitrogens is 3. The average Bonchev–Trinajstić information content (AvgIpc) is 3.21. The largest absolute Gasteiger partial charge is 0.322 e. The van der Waals surface area contributed by atoms with E-state index in [1.807, 2.05) is 37.4 Å². The van der Waals surface area contributed by atoms with Crippen LogP contribution in [0.4, 0.5) is 0 Å². The molecule has 0 fully saturated rings. The van der Waals surface area contributed by atoms with Crippen molar-refractivity contribution in [1.29, 1.82) is 5.26 Å². The first-order valence-electron chi connectivity index (χ1n) is 12.1. The number of nitrogens with zero attached hydrogens (tertiary/aromatic N) is 4. The van der Waals surface area contributed by atoms with Gasteiger partial charge in [0.15, 0.2) is 5.78 Å². The number of carbonyl (C=O) groups is 1. The summed E-state index contributed by atoms with van der Waals surface area (Å²) in [5.74, 6) is 1.30. The molecule has 5 nitrogen and oxygen atoms in total. The van der Waals surface area contributed by atoms with Crippen molar-refractivity contribution in [3.05, 3.63) is 83.0 Å². The van der Waals surface area contributed by atoms with Gasteiger partial charge in [0.25, 0.3) is 0 Å². The Bertz CT molecular complexity index is 1310. The van der Waals surface area contributed by atoms with E-state index in [2.05, 4.69) is 60.7 Å². The van der Waals surface area contributed by atoms with E-state index in [1.54, 1.807) is 0 Å². The third-order valence-electron chi connectivity index (χ3n) is 7.77. The van der Waals surface area contributed by atoms with E-state index in [4.69, 9.17) is 4.98 Å². The van der Waals surface area contributed by atoms with Gasteiger partial charge in [-0.1, -0.05) is 64.1 Å². The molecule has 0 saturated heterocycles. The smallest absolute Gasteiger partial charge is 0.176 e. The van der Waals surface area contributed by atoms with Crippen molar-refractivity contribution in [2.75, 3.05) is 0 Å². The molecule has 1 unspecified atom stereocenters. The summed E-state index contributed by atoms with van der Waals surface area (Å²) in [4.78, 5) is 22.6. The van der Waals surface area contributed by atoms with Crippen molar-refractivity contribution >= 4 is 5.78 Å². The molecule has 0 N–H and O–H groups in total. The van der Waals surface area contributed by atoms with Crippen LogP contribution in [0.15, 0.2) is 60.3 Å². The van der Waals surface area contributed by atoms with Crippen LogP contribution in [0.5, 0.6) is 0 Å². The van der Waals surface area contributed by atoms with Crippen LogP contribution in [0.3, 0.4) is 0 Å². The number of hydrogen-bond donors (Lipinski definition) is 0. The van der Waals surface area contributed by atoms with Crippen LogP contribution in [-0.2, 0) is 23.2 Å². The summed E-state index contributed by atoms with van der Waals surface area (Å²) in [5.41, 5.74) is 5.34. The minimum absolute atomic E-state index is 0.0363. The van der Waals surface area contributed by atoms with E-state index in [1.165, 1.54) is 11.3 Å². The lowest BCUT2D eigenvalue weighted by atomic mass is 9.58. The Hall–Kier alpha value is -3.52. The van der Waals surface area contributed by atoms with Crippen LogP contribution in [0.1, 0.15) is 62.7 Å². The number of pyridine rings is 1. The molecule has 3 aromatic rings. The number of fused-ring (bicyclic) bond motifs is 3. The molecule has 0 spiro atoms. The van der Waals surface area contributed by atoms with Crippen LogP contribution >= 0.6 is 0 Å². The molecule has 2 heterocycles. The highest BCUT2D eigenvalue weighted by atomic mass is 16.1. The predicted octanol–water partition coefficient (Wildman–Crippen LogP) is 5.61. The van der Waals surface area contributed by atoms with Crippen molar-refractivity contribution in [2.45, 2.75) is 58.4 Å². The van der Waals surface area contributed by atoms with E-state index >= 15 is 0 Å². The predicted molar refractivity (Wildman–Crippen MR) is 132 cm³/mol. The van der Waals surface area contributed by atoms with E-state index < -0.39 is 5.41 Å². The molecule has 0 bridgehead atoms. The maximum atomic E-state index is 12.8. The number of carbonyl (C=O) groups excluding carboxylic acids is 1. The number of rotatable bonds is 4. The molecule has 34 heavy (non-hydrogen) atoms. The first-order valence-corrected chi connectivity index (χ1v) is 12.1. The molecule has 2 aliphatic rings. The second-order valence-corrected chi connectivity index (χ2v) is 10.2. The Morgan fingerprint density at radius 1 is 1.21 bits per heavy atom. The lowest BCUT2D eigenvalue weighted by Gasteiger charge is -2.44. The number of allylic oxidation sites excluding steroid dienone is 2. The minimum Gasteiger partial charge on any atom is -0.322 e. The van der Waals surface area contributed by atoms with Crippen LogP contribution < -0.4 is 0 Å². The zero-order valence-corrected chi connectivity index (χ0v) is 20.2. The normalized spacial score (nSPS) is 23.8. The fourth-order valence-corrected chi connectivity index (χ4v) is 5.83. The molecule has 1 aromatic carbocycles. The second kappa shape index (κ2) is 8.36. The first-order chi connectivity index (χ1) is 16.3. The van der Waals surface area contributed by atoms with Crippen molar-refractivity contribution in [2.24, 2.45) is 11.8 Å². The average molecular weight is 451 g/mol. The number of hydrogen-bond acceptors (Lipinski definition) is 4. The van der Waals surface area contributed by atoms with E-state index in [9.17, 15) is 10.1 Å². The zero-order chi connectivity index (χ0) is 24.0. The van der Waals surface area contributed by atoms with Crippen LogP contribution in [-0.4, -0.2) is 20.3 Å². The van der Waals surface area contributed by atoms with Crippen molar-refractivity contribution in [3.8, 4) is 17.5 Å². The lowest BCUT2D eigenvalue weighted by Crippen LogP contribution is -2.45. The molecule has 2 aliphatic carbocycles. The molecule has 5 rings (SSSR count). The third-order valence-corrected chi connectivity index (χ3v) is 7.77. The quantitative estimate of drug-likeness (QED) is 0.518. The van der Waals surface area contributed by atoms with Gasteiger partial charge in [-0.3, -0.25) is 9.78 Å². The molecular formula is C29H30N4O. The minimum atomic E-state index is -0.450. The highest BCUT2D eigenvalue weighted by Crippen LogP contribution is 2.50. The summed E-state index contributed by atoms with van der Waals surface area (Å²) in [7, 11) is 0. The summed E-state index contributed by atoms with van der Waals surface area (Å²) in [6.45, 7) is 9.15. The number of Topliss-reactive ketones (excluding diaryl/α,β-unsaturated/α-hetero) is 1. The topological polar surface area (TPSA) is 71.6 Å². The lowest BCUT2D eigenvalue weighted by molar-refractivity contribution is -0.121. The van der Waals surface area contributed by atoms with Gasteiger partial charge in [-0.2, -0.15) is 5.26 Å². The standard InChI is InChI=1S/C29H30N4O/c1-18(2)20-8-10-21(11-9-20)28-32-27-25(33(28)17-23-7-5-6-14-31-23)13-12-24-19(3)26(34)22(16-30)15-29(24,27)4/h5-11,14-15,18-19,24H,12-13,17H2,1-4H3/t19-,24-,29?/m1/s1. The van der Waals surface area contributed by atoms with Gasteiger partial charge in [0.1, 0.15) is 11.9 Å². The molecule has 3 atom stereocenters. The Labute approximate surface area is 201 Å². The van der Waals surface area contributed by atoms with Gasteiger partial charge in [-0.05, 0) is 42.4 Å². The molecule has 0 radical (unpaired) electrons. The van der Waals surface area contributed by atoms with Crippen LogP contribution in [0, 0.1) is 23.2 Å². The summed E-state index contributed by atoms with van der Waals surface area (Å²) >= 11 is 0. The van der Waals surface area contributed by atoms with Gasteiger partial charge in [-0.15, -0.1) is 0 Å². The highest BCUT2D eigenvalue weighted by Gasteiger charge is 2.50. The van der Waals surface area contributed by atoms with Crippen molar-refractivity contribution in [1.82, 2.24) is 14.5 Å². The Morgan fingerprint density at radius 3 is 2.62 bits per heavy atom. The molecule has 0 saturated carbocycles. The van der Waals surface area contributed by atoms with E-state index in [-0.39, 0.29) is 23.2 Å². The molecule has 0 amide bonds. The molecule has 5 heteroatoms. The van der Waals surface area contributed by atoms with Gasteiger partial charge in [0, 0.05) is 28.8 Å². The van der Waals surface area contributed by atoms with Crippen LogP contribution in [0.25, 0.3) is 11.4 Å². The number of benzene rings is 1. The number of nitriles is 1. The Morgan fingerprint density at radius 2 is 1.97 bits per heavy atom. The first kappa shape index (κ1) is 22.3. The van der Waals surface area contributed by atoms with Gasteiger partial charge in [0.2, 0.25) is 0 Å². The molecule has 2 aromatic heterocycles. The van der Waals surface area contributed by atoms with Gasteiger partial charge >= 0.3 is 0 Å². The fourth-order valence-electron chi connectivity index (χ4n) is 5.83. The second-order valence-electron chi connectivity index (χ2n) is 10.2. The maximum absolute atomic E-state index is 12.8. The molecular weight excluding hydrogens is 420 g/mol. The van der Waals surface area contributed by atoms with Gasteiger partial charge in [-0.25, -0.2) is 4.98 Å². The van der Waals surface area contributed by atoms with Gasteiger partial charge < -0.3 is 4.57 Å². The Kier molecular flexibility index (Phi) is 5.48. The number of ketones is 1. The molecule has 172 valence electrons. The third kappa shape index (κ3) is 3.49. The monoisotopic (exact) mass is 450 g/mol. The maximum Gasteiger partial charge on any atom is 0.176 e. The summed E-state index contributed by atoms with van der Waals surface area (Å²) in [5, 5.41) is 9.66. The van der Waals surface area contributed by atoms with Crippen molar-refractivity contribution in [3.63, 3.8) is 0 Å². The fraction of sp³-hybridized carbons (Fsp3) is 0.379. The summed E-state index contributed by atoms with van der Waals surface area (Å²) < 4.78 is 2.30. The summed E-state index contributed by atoms with van der Waals surface area (Å²) in [6, 6.07) is 16.8. The van der Waals surface area contributed by atoms with E-state index in [0.29, 0.717) is 12.5 Å².